The second-order valence-corrected chi connectivity index (χ2v) is 7.54. The monoisotopic (exact) mass is 502 g/mol. The number of nitriles is 1. The van der Waals surface area contributed by atoms with Crippen molar-refractivity contribution in [1.82, 2.24) is 9.78 Å². The van der Waals surface area contributed by atoms with Gasteiger partial charge in [-0.05, 0) is 30.3 Å². The molecule has 6 nitrogen and oxygen atoms in total. The highest BCUT2D eigenvalue weighted by Crippen LogP contribution is 2.40. The van der Waals surface area contributed by atoms with E-state index in [1.165, 1.54) is 26.1 Å². The van der Waals surface area contributed by atoms with Crippen molar-refractivity contribution in [3.8, 4) is 6.07 Å². The molecule has 1 heterocycles. The molecule has 1 aromatic carbocycles. The van der Waals surface area contributed by atoms with Crippen LogP contribution in [0.15, 0.2) is 35.0 Å². The summed E-state index contributed by atoms with van der Waals surface area (Å²) in [6, 6.07) is 8.01. The average molecular weight is 503 g/mol. The van der Waals surface area contributed by atoms with Gasteiger partial charge >= 0.3 is 6.18 Å². The molecule has 2 aromatic rings. The van der Waals surface area contributed by atoms with Gasteiger partial charge in [0.25, 0.3) is 0 Å². The fourth-order valence-corrected chi connectivity index (χ4v) is 3.06. The minimum absolute atomic E-state index is 0.138. The van der Waals surface area contributed by atoms with Crippen molar-refractivity contribution in [2.45, 2.75) is 33.1 Å². The van der Waals surface area contributed by atoms with Crippen LogP contribution in [0.2, 0.25) is 5.15 Å². The number of benzene rings is 1. The Balaban J connectivity index is 2.72. The van der Waals surface area contributed by atoms with E-state index in [2.05, 4.69) is 10.3 Å². The first kappa shape index (κ1) is 26.3. The molecule has 2 rings (SSSR count). The molecule has 0 atom stereocenters. The summed E-state index contributed by atoms with van der Waals surface area (Å²) >= 11 is 11.0. The number of ether oxygens (including phenoxy) is 1. The Kier molecular flexibility index (Phi) is 8.96. The predicted molar refractivity (Wildman–Crippen MR) is 119 cm³/mol. The van der Waals surface area contributed by atoms with Crippen molar-refractivity contribution in [3.63, 3.8) is 0 Å². The first-order valence-corrected chi connectivity index (χ1v) is 10.3. The van der Waals surface area contributed by atoms with Crippen molar-refractivity contribution in [2.24, 2.45) is 12.2 Å². The Morgan fingerprint density at radius 1 is 1.30 bits per heavy atom. The highest BCUT2D eigenvalue weighted by molar-refractivity contribution is 7.80. The summed E-state index contributed by atoms with van der Waals surface area (Å²) in [4.78, 5) is 5.12. The Bertz CT molecular complexity index is 1120. The molecule has 0 unspecified atom stereocenters. The van der Waals surface area contributed by atoms with E-state index < -0.39 is 35.0 Å². The zero-order chi connectivity index (χ0) is 24.8. The minimum atomic E-state index is -4.88. The number of nitrogens with zero attached hydrogens (tertiary/aromatic N) is 4. The number of halogens is 5. The first-order chi connectivity index (χ1) is 15.5. The predicted octanol–water partition coefficient (Wildman–Crippen LogP) is 5.99. The third kappa shape index (κ3) is 6.52. The number of thiocarbonyl (C=S) groups is 1. The van der Waals surface area contributed by atoms with E-state index in [4.69, 9.17) is 33.4 Å². The van der Waals surface area contributed by atoms with Gasteiger partial charge in [0.05, 0.1) is 22.9 Å². The SMILES string of the molecule is CCON=C(CC(C#N)=C(OC(C)=S)c1c(C(F)(F)F)nn(C)c1Cl)c1ccc(CF)cc1. The number of oxime groups is 1. The van der Waals surface area contributed by atoms with E-state index in [1.807, 2.05) is 6.07 Å². The molecular weight excluding hydrogens is 484 g/mol. The van der Waals surface area contributed by atoms with Crippen LogP contribution in [0.25, 0.3) is 5.76 Å². The van der Waals surface area contributed by atoms with Crippen LogP contribution in [0.1, 0.15) is 42.7 Å². The number of allylic oxidation sites excluding steroid dienone is 1. The molecule has 12 heteroatoms. The second-order valence-electron chi connectivity index (χ2n) is 6.61. The number of aryl methyl sites for hydroxylation is 1. The van der Waals surface area contributed by atoms with Crippen LogP contribution in [0.5, 0.6) is 0 Å². The zero-order valence-corrected chi connectivity index (χ0v) is 19.4. The molecule has 0 aliphatic carbocycles. The van der Waals surface area contributed by atoms with E-state index >= 15 is 0 Å². The third-order valence-electron chi connectivity index (χ3n) is 4.22. The van der Waals surface area contributed by atoms with Crippen LogP contribution in [0.3, 0.4) is 0 Å². The Morgan fingerprint density at radius 2 is 1.94 bits per heavy atom. The van der Waals surface area contributed by atoms with Crippen LogP contribution < -0.4 is 0 Å². The highest BCUT2D eigenvalue weighted by atomic mass is 35.5. The molecule has 0 N–H and O–H groups in total. The average Bonchev–Trinajstić information content (AvgIpc) is 3.07. The third-order valence-corrected chi connectivity index (χ3v) is 4.73. The van der Waals surface area contributed by atoms with Crippen LogP contribution >= 0.6 is 23.8 Å². The standard InChI is InChI=1S/C21H19ClF4N4O2S/c1-4-31-29-16(14-7-5-13(10-23)6-8-14)9-15(11-27)18(32-12(2)33)17-19(21(24,25)26)28-30(3)20(17)22/h5-8H,4,9-10H2,1-3H3. The van der Waals surface area contributed by atoms with E-state index in [9.17, 15) is 22.8 Å². The summed E-state index contributed by atoms with van der Waals surface area (Å²) in [5.74, 6) is -0.486. The maximum absolute atomic E-state index is 13.7. The molecule has 0 aliphatic rings. The van der Waals surface area contributed by atoms with Gasteiger partial charge < -0.3 is 9.57 Å². The van der Waals surface area contributed by atoms with E-state index in [0.29, 0.717) is 11.1 Å². The first-order valence-electron chi connectivity index (χ1n) is 9.49. The van der Waals surface area contributed by atoms with Gasteiger partial charge in [-0.1, -0.05) is 41.0 Å². The van der Waals surface area contributed by atoms with Gasteiger partial charge in [0.1, 0.15) is 18.4 Å². The normalized spacial score (nSPS) is 12.8. The summed E-state index contributed by atoms with van der Waals surface area (Å²) in [7, 11) is 1.23. The fourth-order valence-electron chi connectivity index (χ4n) is 2.76. The van der Waals surface area contributed by atoms with Gasteiger partial charge in [-0.2, -0.15) is 23.5 Å². The Morgan fingerprint density at radius 3 is 2.42 bits per heavy atom. The minimum Gasteiger partial charge on any atom is -0.449 e. The summed E-state index contributed by atoms with van der Waals surface area (Å²) in [5.41, 5.74) is -1.09. The molecule has 0 saturated carbocycles. The second kappa shape index (κ2) is 11.2. The maximum atomic E-state index is 13.7. The fraction of sp³-hybridized carbons (Fsp3) is 0.333. The van der Waals surface area contributed by atoms with Gasteiger partial charge in [-0.15, -0.1) is 0 Å². The Labute approximate surface area is 198 Å². The molecule has 0 bridgehead atoms. The topological polar surface area (TPSA) is 72.4 Å². The quantitative estimate of drug-likeness (QED) is 0.111. The smallest absolute Gasteiger partial charge is 0.435 e. The molecule has 0 fully saturated rings. The lowest BCUT2D eigenvalue weighted by Crippen LogP contribution is -2.12. The van der Waals surface area contributed by atoms with Crippen molar-refractivity contribution < 1.29 is 27.1 Å². The number of hydrogen-bond donors (Lipinski definition) is 0. The Hall–Kier alpha value is -2.97. The van der Waals surface area contributed by atoms with Gasteiger partial charge in [0.2, 0.25) is 0 Å². The maximum Gasteiger partial charge on any atom is 0.435 e. The van der Waals surface area contributed by atoms with E-state index in [-0.39, 0.29) is 29.4 Å². The lowest BCUT2D eigenvalue weighted by atomic mass is 9.99. The van der Waals surface area contributed by atoms with Gasteiger partial charge in [-0.3, -0.25) is 4.68 Å². The molecule has 0 spiro atoms. The van der Waals surface area contributed by atoms with Crippen LogP contribution in [0.4, 0.5) is 17.6 Å². The molecule has 0 saturated heterocycles. The van der Waals surface area contributed by atoms with Gasteiger partial charge in [0.15, 0.2) is 16.5 Å². The van der Waals surface area contributed by atoms with Gasteiger partial charge in [0, 0.05) is 20.4 Å². The molecular formula is C21H19ClF4N4O2S. The van der Waals surface area contributed by atoms with Crippen LogP contribution in [-0.2, 0) is 29.5 Å². The number of aromatic nitrogens is 2. The lowest BCUT2D eigenvalue weighted by Gasteiger charge is -2.14. The molecule has 0 amide bonds. The van der Waals surface area contributed by atoms with Crippen molar-refractivity contribution in [2.75, 3.05) is 6.61 Å². The molecule has 1 aromatic heterocycles. The van der Waals surface area contributed by atoms with E-state index in [1.54, 1.807) is 19.1 Å². The van der Waals surface area contributed by atoms with Crippen molar-refractivity contribution in [3.05, 3.63) is 57.4 Å². The highest BCUT2D eigenvalue weighted by Gasteiger charge is 2.41. The number of rotatable bonds is 8. The molecule has 33 heavy (non-hydrogen) atoms. The number of alkyl halides is 4. The molecule has 0 radical (unpaired) electrons. The summed E-state index contributed by atoms with van der Waals surface area (Å²) < 4.78 is 60.1. The van der Waals surface area contributed by atoms with E-state index in [0.717, 1.165) is 4.68 Å². The summed E-state index contributed by atoms with van der Waals surface area (Å²) in [5, 5.41) is 16.7. The van der Waals surface area contributed by atoms with Gasteiger partial charge in [-0.25, -0.2) is 4.39 Å². The molecule has 0 aliphatic heterocycles. The van der Waals surface area contributed by atoms with Crippen molar-refractivity contribution in [1.29, 1.82) is 5.26 Å². The zero-order valence-electron chi connectivity index (χ0n) is 17.8. The van der Waals surface area contributed by atoms with Crippen molar-refractivity contribution >= 4 is 40.3 Å². The number of hydrogen-bond acceptors (Lipinski definition) is 6. The molecule has 176 valence electrons. The van der Waals surface area contributed by atoms with Crippen LogP contribution in [0, 0.1) is 11.3 Å². The summed E-state index contributed by atoms with van der Waals surface area (Å²) in [6.07, 6.45) is -5.17. The van der Waals surface area contributed by atoms with Crippen LogP contribution in [-0.4, -0.2) is 27.1 Å². The summed E-state index contributed by atoms with van der Waals surface area (Å²) in [6.45, 7) is 2.55. The lowest BCUT2D eigenvalue weighted by molar-refractivity contribution is -0.141. The largest absolute Gasteiger partial charge is 0.449 e.